The second-order valence-corrected chi connectivity index (χ2v) is 4.35. The van der Waals surface area contributed by atoms with Crippen LogP contribution in [0, 0.1) is 0 Å². The number of carboxylic acid groups (broad SMARTS) is 1. The number of carbonyl (C=O) groups excluding carboxylic acids is 1. The predicted octanol–water partition coefficient (Wildman–Crippen LogP) is -0.530. The molecule has 0 aromatic carbocycles. The Hall–Kier alpha value is -1.14. The van der Waals surface area contributed by atoms with Crippen molar-refractivity contribution in [2.24, 2.45) is 0 Å². The number of hydrogen-bond acceptors (Lipinski definition) is 4. The molecule has 0 aromatic heterocycles. The van der Waals surface area contributed by atoms with E-state index in [1.165, 1.54) is 0 Å². The number of amides is 1. The zero-order valence-corrected chi connectivity index (χ0v) is 9.82. The number of unbranched alkanes of at least 4 members (excludes halogenated alkanes) is 2. The number of aliphatic hydroxyl groups excluding tert-OH is 1. The number of aliphatic carboxylic acids is 1. The van der Waals surface area contributed by atoms with Crippen molar-refractivity contribution in [3.63, 3.8) is 0 Å². The van der Waals surface area contributed by atoms with Crippen molar-refractivity contribution in [2.75, 3.05) is 13.1 Å². The first-order valence-corrected chi connectivity index (χ1v) is 6.00. The van der Waals surface area contributed by atoms with Crippen molar-refractivity contribution in [3.05, 3.63) is 0 Å². The largest absolute Gasteiger partial charge is 0.481 e. The summed E-state index contributed by atoms with van der Waals surface area (Å²) in [6, 6.07) is -0.288. The molecular weight excluding hydrogens is 224 g/mol. The third kappa shape index (κ3) is 5.65. The van der Waals surface area contributed by atoms with Crippen LogP contribution in [-0.4, -0.2) is 47.3 Å². The molecule has 6 nitrogen and oxygen atoms in total. The van der Waals surface area contributed by atoms with Crippen molar-refractivity contribution in [1.82, 2.24) is 10.6 Å². The summed E-state index contributed by atoms with van der Waals surface area (Å²) in [5, 5.41) is 23.4. The van der Waals surface area contributed by atoms with Crippen LogP contribution in [0.1, 0.15) is 32.1 Å². The van der Waals surface area contributed by atoms with E-state index in [1.54, 1.807) is 0 Å². The normalized spacial score (nSPS) is 23.6. The fourth-order valence-corrected chi connectivity index (χ4v) is 1.83. The molecule has 98 valence electrons. The number of hydrogen-bond donors (Lipinski definition) is 4. The maximum atomic E-state index is 11.6. The van der Waals surface area contributed by atoms with Gasteiger partial charge in [-0.1, -0.05) is 6.42 Å². The first kappa shape index (κ1) is 13.9. The molecule has 17 heavy (non-hydrogen) atoms. The lowest BCUT2D eigenvalue weighted by molar-refractivity contribution is -0.137. The topological polar surface area (TPSA) is 98.7 Å². The summed E-state index contributed by atoms with van der Waals surface area (Å²) in [5.41, 5.74) is 0. The quantitative estimate of drug-likeness (QED) is 0.451. The minimum Gasteiger partial charge on any atom is -0.481 e. The lowest BCUT2D eigenvalue weighted by atomic mass is 10.1. The van der Waals surface area contributed by atoms with Gasteiger partial charge in [0.05, 0.1) is 12.1 Å². The SMILES string of the molecule is O=C(O)CCCCCNC(=O)C1CC(O)CN1. The van der Waals surface area contributed by atoms with Gasteiger partial charge < -0.3 is 20.8 Å². The lowest BCUT2D eigenvalue weighted by Gasteiger charge is -2.10. The molecule has 0 bridgehead atoms. The van der Waals surface area contributed by atoms with Crippen LogP contribution in [0.2, 0.25) is 0 Å². The van der Waals surface area contributed by atoms with E-state index in [9.17, 15) is 14.7 Å². The molecule has 1 heterocycles. The fourth-order valence-electron chi connectivity index (χ4n) is 1.83. The number of carbonyl (C=O) groups is 2. The number of β-amino-alcohol motifs (C(OH)–C–C–N with tert-alkyl or cyclic N) is 1. The molecular formula is C11H20N2O4. The van der Waals surface area contributed by atoms with Crippen molar-refractivity contribution in [2.45, 2.75) is 44.2 Å². The van der Waals surface area contributed by atoms with Gasteiger partial charge in [-0.05, 0) is 19.3 Å². The standard InChI is InChI=1S/C11H20N2O4/c14-8-6-9(13-7-8)11(17)12-5-3-1-2-4-10(15)16/h8-9,13-14H,1-7H2,(H,12,17)(H,15,16). The van der Waals surface area contributed by atoms with Crippen LogP contribution in [0.3, 0.4) is 0 Å². The number of nitrogens with one attached hydrogen (secondary N) is 2. The monoisotopic (exact) mass is 244 g/mol. The maximum Gasteiger partial charge on any atom is 0.303 e. The second-order valence-electron chi connectivity index (χ2n) is 4.35. The van der Waals surface area contributed by atoms with Crippen LogP contribution < -0.4 is 10.6 Å². The molecule has 4 N–H and O–H groups in total. The number of aliphatic hydroxyl groups is 1. The first-order valence-electron chi connectivity index (χ1n) is 6.00. The summed E-state index contributed by atoms with van der Waals surface area (Å²) in [4.78, 5) is 21.8. The van der Waals surface area contributed by atoms with Gasteiger partial charge in [0.1, 0.15) is 0 Å². The molecule has 1 rings (SSSR count). The third-order valence-electron chi connectivity index (χ3n) is 2.79. The van der Waals surface area contributed by atoms with Gasteiger partial charge in [-0.25, -0.2) is 0 Å². The van der Waals surface area contributed by atoms with E-state index in [2.05, 4.69) is 10.6 Å². The van der Waals surface area contributed by atoms with Gasteiger partial charge in [0.25, 0.3) is 0 Å². The van der Waals surface area contributed by atoms with Crippen molar-refractivity contribution < 1.29 is 19.8 Å². The van der Waals surface area contributed by atoms with Gasteiger partial charge >= 0.3 is 5.97 Å². The Balaban J connectivity index is 1.99. The third-order valence-corrected chi connectivity index (χ3v) is 2.79. The predicted molar refractivity (Wildman–Crippen MR) is 61.5 cm³/mol. The Morgan fingerprint density at radius 2 is 2.06 bits per heavy atom. The summed E-state index contributed by atoms with van der Waals surface area (Å²) < 4.78 is 0. The van der Waals surface area contributed by atoms with E-state index in [4.69, 9.17) is 5.11 Å². The van der Waals surface area contributed by atoms with Crippen LogP contribution in [0.5, 0.6) is 0 Å². The summed E-state index contributed by atoms with van der Waals surface area (Å²) in [7, 11) is 0. The van der Waals surface area contributed by atoms with Gasteiger partial charge in [0.2, 0.25) is 5.91 Å². The van der Waals surface area contributed by atoms with Crippen LogP contribution in [-0.2, 0) is 9.59 Å². The Kier molecular flexibility index (Phi) is 5.93. The molecule has 1 amide bonds. The molecule has 0 spiro atoms. The molecule has 0 saturated carbocycles. The first-order chi connectivity index (χ1) is 8.09. The van der Waals surface area contributed by atoms with E-state index >= 15 is 0 Å². The molecule has 0 radical (unpaired) electrons. The smallest absolute Gasteiger partial charge is 0.303 e. The highest BCUT2D eigenvalue weighted by Crippen LogP contribution is 2.06. The van der Waals surface area contributed by atoms with Gasteiger partial charge in [-0.2, -0.15) is 0 Å². The minimum atomic E-state index is -0.779. The van der Waals surface area contributed by atoms with Gasteiger partial charge in [-0.15, -0.1) is 0 Å². The molecule has 1 aliphatic heterocycles. The zero-order valence-electron chi connectivity index (χ0n) is 9.82. The number of rotatable bonds is 7. The lowest BCUT2D eigenvalue weighted by Crippen LogP contribution is -2.40. The zero-order chi connectivity index (χ0) is 12.7. The highest BCUT2D eigenvalue weighted by atomic mass is 16.4. The Labute approximate surface area is 100 Å². The molecule has 0 aromatic rings. The van der Waals surface area contributed by atoms with Gasteiger partial charge in [-0.3, -0.25) is 9.59 Å². The molecule has 1 saturated heterocycles. The summed E-state index contributed by atoms with van der Waals surface area (Å²) in [5.74, 6) is -0.863. The van der Waals surface area contributed by atoms with E-state index < -0.39 is 12.1 Å². The fraction of sp³-hybridized carbons (Fsp3) is 0.818. The molecule has 1 fully saturated rings. The van der Waals surface area contributed by atoms with E-state index in [-0.39, 0.29) is 18.4 Å². The Bertz CT molecular complexity index is 270. The average Bonchev–Trinajstić information content (AvgIpc) is 2.69. The molecule has 2 unspecified atom stereocenters. The Morgan fingerprint density at radius 1 is 1.29 bits per heavy atom. The van der Waals surface area contributed by atoms with Crippen molar-refractivity contribution in [1.29, 1.82) is 0 Å². The molecule has 1 aliphatic rings. The molecule has 2 atom stereocenters. The van der Waals surface area contributed by atoms with Crippen molar-refractivity contribution in [3.8, 4) is 0 Å². The maximum absolute atomic E-state index is 11.6. The van der Waals surface area contributed by atoms with Crippen LogP contribution in [0.4, 0.5) is 0 Å². The minimum absolute atomic E-state index is 0.0835. The van der Waals surface area contributed by atoms with Crippen molar-refractivity contribution >= 4 is 11.9 Å². The second kappa shape index (κ2) is 7.24. The highest BCUT2D eigenvalue weighted by molar-refractivity contribution is 5.82. The van der Waals surface area contributed by atoms with Crippen LogP contribution in [0.15, 0.2) is 0 Å². The number of carboxylic acids is 1. The highest BCUT2D eigenvalue weighted by Gasteiger charge is 2.27. The summed E-state index contributed by atoms with van der Waals surface area (Å²) >= 11 is 0. The summed E-state index contributed by atoms with van der Waals surface area (Å²) in [6.07, 6.45) is 2.45. The van der Waals surface area contributed by atoms with Crippen LogP contribution >= 0.6 is 0 Å². The van der Waals surface area contributed by atoms with Crippen LogP contribution in [0.25, 0.3) is 0 Å². The van der Waals surface area contributed by atoms with E-state index in [0.29, 0.717) is 25.9 Å². The molecule has 6 heteroatoms. The van der Waals surface area contributed by atoms with Gasteiger partial charge in [0, 0.05) is 19.5 Å². The van der Waals surface area contributed by atoms with Gasteiger partial charge in [0.15, 0.2) is 0 Å². The summed E-state index contributed by atoms with van der Waals surface area (Å²) in [6.45, 7) is 1.03. The average molecular weight is 244 g/mol. The van der Waals surface area contributed by atoms with E-state index in [1.807, 2.05) is 0 Å². The van der Waals surface area contributed by atoms with E-state index in [0.717, 1.165) is 12.8 Å². The molecule has 0 aliphatic carbocycles. The Morgan fingerprint density at radius 3 is 2.65 bits per heavy atom.